The molecule has 116 valence electrons. The third-order valence-electron chi connectivity index (χ3n) is 3.10. The Labute approximate surface area is 132 Å². The van der Waals surface area contributed by atoms with Gasteiger partial charge in [0.05, 0.1) is 0 Å². The number of amides is 3. The largest absolute Gasteiger partial charge is 0.337 e. The Balaban J connectivity index is 2.14. The zero-order valence-corrected chi connectivity index (χ0v) is 13.4. The van der Waals surface area contributed by atoms with Crippen LogP contribution in [-0.2, 0) is 11.2 Å². The van der Waals surface area contributed by atoms with Crippen LogP contribution in [-0.4, -0.2) is 24.2 Å². The zero-order valence-electron chi connectivity index (χ0n) is 12.5. The van der Waals surface area contributed by atoms with Gasteiger partial charge in [-0.3, -0.25) is 10.1 Å². The lowest BCUT2D eigenvalue weighted by Crippen LogP contribution is -2.40. The first-order valence-corrected chi connectivity index (χ1v) is 7.99. The van der Waals surface area contributed by atoms with Gasteiger partial charge in [0.25, 0.3) is 0 Å². The Hall–Kier alpha value is -1.49. The monoisotopic (exact) mass is 308 g/mol. The summed E-state index contributed by atoms with van der Waals surface area (Å²) in [5.74, 6) is 0.614. The Morgan fingerprint density at radius 1 is 1.19 bits per heavy atom. The van der Waals surface area contributed by atoms with Crippen molar-refractivity contribution in [1.82, 2.24) is 10.6 Å². The third kappa shape index (κ3) is 8.40. The minimum atomic E-state index is -0.415. The second kappa shape index (κ2) is 10.3. The van der Waals surface area contributed by atoms with Gasteiger partial charge < -0.3 is 5.32 Å². The summed E-state index contributed by atoms with van der Waals surface area (Å²) in [5, 5.41) is 5.05. The lowest BCUT2D eigenvalue weighted by Gasteiger charge is -2.07. The molecule has 0 bridgehead atoms. The van der Waals surface area contributed by atoms with Gasteiger partial charge in [-0.2, -0.15) is 12.6 Å². The van der Waals surface area contributed by atoms with E-state index < -0.39 is 6.03 Å². The minimum Gasteiger partial charge on any atom is -0.337 e. The Morgan fingerprint density at radius 3 is 2.71 bits per heavy atom. The number of imide groups is 1. The summed E-state index contributed by atoms with van der Waals surface area (Å²) in [5.41, 5.74) is 2.38. The molecule has 1 rings (SSSR count). The molecule has 0 spiro atoms. The molecule has 0 fully saturated rings. The molecule has 0 aliphatic carbocycles. The van der Waals surface area contributed by atoms with E-state index in [1.807, 2.05) is 25.1 Å². The molecular weight excluding hydrogens is 284 g/mol. The second-order valence-corrected chi connectivity index (χ2v) is 5.52. The van der Waals surface area contributed by atoms with E-state index in [1.54, 1.807) is 0 Å². The van der Waals surface area contributed by atoms with Crippen LogP contribution in [0.15, 0.2) is 24.3 Å². The van der Waals surface area contributed by atoms with E-state index in [2.05, 4.69) is 29.3 Å². The molecule has 0 saturated carbocycles. The van der Waals surface area contributed by atoms with E-state index in [0.717, 1.165) is 31.4 Å². The van der Waals surface area contributed by atoms with Crippen molar-refractivity contribution < 1.29 is 9.59 Å². The van der Waals surface area contributed by atoms with Crippen molar-refractivity contribution >= 4 is 24.6 Å². The van der Waals surface area contributed by atoms with Crippen molar-refractivity contribution in [2.45, 2.75) is 39.0 Å². The molecule has 0 unspecified atom stereocenters. The van der Waals surface area contributed by atoms with Crippen LogP contribution in [0.4, 0.5) is 4.79 Å². The van der Waals surface area contributed by atoms with Gasteiger partial charge in [0, 0.05) is 13.0 Å². The molecule has 0 aliphatic rings. The third-order valence-corrected chi connectivity index (χ3v) is 3.41. The Bertz CT molecular complexity index is 463. The number of carbonyl (C=O) groups excluding carboxylic acids is 2. The van der Waals surface area contributed by atoms with Gasteiger partial charge in [0.15, 0.2) is 0 Å². The molecule has 21 heavy (non-hydrogen) atoms. The summed E-state index contributed by atoms with van der Waals surface area (Å²) in [6, 6.07) is 7.74. The molecule has 0 saturated heterocycles. The molecule has 0 heterocycles. The van der Waals surface area contributed by atoms with Crippen LogP contribution in [0.25, 0.3) is 0 Å². The highest BCUT2D eigenvalue weighted by Gasteiger charge is 2.06. The first-order chi connectivity index (χ1) is 10.1. The van der Waals surface area contributed by atoms with Crippen LogP contribution in [0.5, 0.6) is 0 Å². The second-order valence-electron chi connectivity index (χ2n) is 5.08. The normalized spacial score (nSPS) is 10.2. The number of carbonyl (C=O) groups is 2. The van der Waals surface area contributed by atoms with Crippen molar-refractivity contribution in [2.24, 2.45) is 0 Å². The molecule has 0 atom stereocenters. The molecule has 0 aromatic heterocycles. The van der Waals surface area contributed by atoms with Gasteiger partial charge in [0.2, 0.25) is 5.91 Å². The Kier molecular flexibility index (Phi) is 8.59. The molecule has 0 radical (unpaired) electrons. The number of benzene rings is 1. The minimum absolute atomic E-state index is 0.220. The highest BCUT2D eigenvalue weighted by Crippen LogP contribution is 2.04. The lowest BCUT2D eigenvalue weighted by molar-refractivity contribution is -0.120. The fourth-order valence-electron chi connectivity index (χ4n) is 2.00. The molecule has 1 aromatic carbocycles. The van der Waals surface area contributed by atoms with E-state index in [0.29, 0.717) is 13.0 Å². The topological polar surface area (TPSA) is 58.2 Å². The van der Waals surface area contributed by atoms with Gasteiger partial charge >= 0.3 is 6.03 Å². The van der Waals surface area contributed by atoms with Crippen LogP contribution in [0.3, 0.4) is 0 Å². The predicted octanol–water partition coefficient (Wildman–Crippen LogP) is 2.85. The van der Waals surface area contributed by atoms with E-state index in [-0.39, 0.29) is 5.91 Å². The predicted molar refractivity (Wildman–Crippen MR) is 88.7 cm³/mol. The van der Waals surface area contributed by atoms with E-state index >= 15 is 0 Å². The quantitative estimate of drug-likeness (QED) is 0.511. The number of hydrogen-bond donors (Lipinski definition) is 3. The maximum atomic E-state index is 11.5. The lowest BCUT2D eigenvalue weighted by atomic mass is 10.1. The standard InChI is InChI=1S/C16H24N2O2S/c1-13-6-5-7-14(12-13)9-10-17-16(20)18-15(19)8-3-2-4-11-21/h5-7,12,21H,2-4,8-11H2,1H3,(H2,17,18,19,20). The van der Waals surface area contributed by atoms with Crippen LogP contribution in [0.2, 0.25) is 0 Å². The smallest absolute Gasteiger partial charge is 0.321 e. The first kappa shape index (κ1) is 17.6. The molecule has 4 nitrogen and oxygen atoms in total. The van der Waals surface area contributed by atoms with Crippen molar-refractivity contribution in [1.29, 1.82) is 0 Å². The highest BCUT2D eigenvalue weighted by atomic mass is 32.1. The Morgan fingerprint density at radius 2 is 2.00 bits per heavy atom. The van der Waals surface area contributed by atoms with E-state index in [9.17, 15) is 9.59 Å². The summed E-state index contributed by atoms with van der Waals surface area (Å²) < 4.78 is 0. The molecular formula is C16H24N2O2S. The van der Waals surface area contributed by atoms with Crippen LogP contribution in [0.1, 0.15) is 36.8 Å². The van der Waals surface area contributed by atoms with E-state index in [1.165, 1.54) is 11.1 Å². The van der Waals surface area contributed by atoms with Crippen LogP contribution >= 0.6 is 12.6 Å². The molecule has 0 aliphatic heterocycles. The number of urea groups is 1. The van der Waals surface area contributed by atoms with Gasteiger partial charge in [0.1, 0.15) is 0 Å². The number of rotatable bonds is 8. The van der Waals surface area contributed by atoms with E-state index in [4.69, 9.17) is 0 Å². The summed E-state index contributed by atoms with van der Waals surface area (Å²) in [6.07, 6.45) is 3.90. The highest BCUT2D eigenvalue weighted by molar-refractivity contribution is 7.80. The first-order valence-electron chi connectivity index (χ1n) is 7.36. The van der Waals surface area contributed by atoms with Crippen molar-refractivity contribution in [2.75, 3.05) is 12.3 Å². The molecule has 2 N–H and O–H groups in total. The molecule has 3 amide bonds. The zero-order chi connectivity index (χ0) is 15.5. The maximum Gasteiger partial charge on any atom is 0.321 e. The summed E-state index contributed by atoms with van der Waals surface area (Å²) >= 11 is 4.11. The van der Waals surface area contributed by atoms with Gasteiger partial charge in [-0.1, -0.05) is 36.2 Å². The van der Waals surface area contributed by atoms with Crippen molar-refractivity contribution in [3.63, 3.8) is 0 Å². The van der Waals surface area contributed by atoms with Crippen molar-refractivity contribution in [3.8, 4) is 0 Å². The average Bonchev–Trinajstić information content (AvgIpc) is 2.43. The molecule has 1 aromatic rings. The maximum absolute atomic E-state index is 11.5. The number of unbranched alkanes of at least 4 members (excludes halogenated alkanes) is 2. The fraction of sp³-hybridized carbons (Fsp3) is 0.500. The SMILES string of the molecule is Cc1cccc(CCNC(=O)NC(=O)CCCCCS)c1. The van der Waals surface area contributed by atoms with Gasteiger partial charge in [-0.25, -0.2) is 4.79 Å². The summed E-state index contributed by atoms with van der Waals surface area (Å²) in [7, 11) is 0. The number of nitrogens with one attached hydrogen (secondary N) is 2. The fourth-order valence-corrected chi connectivity index (χ4v) is 2.22. The van der Waals surface area contributed by atoms with Gasteiger partial charge in [-0.15, -0.1) is 0 Å². The summed E-state index contributed by atoms with van der Waals surface area (Å²) in [6.45, 7) is 2.55. The average molecular weight is 308 g/mol. The number of hydrogen-bond acceptors (Lipinski definition) is 3. The number of aryl methyl sites for hydroxylation is 1. The molecule has 5 heteroatoms. The van der Waals surface area contributed by atoms with Crippen molar-refractivity contribution in [3.05, 3.63) is 35.4 Å². The summed E-state index contributed by atoms with van der Waals surface area (Å²) in [4.78, 5) is 23.0. The van der Waals surface area contributed by atoms with Crippen LogP contribution in [0, 0.1) is 6.92 Å². The number of thiol groups is 1. The van der Waals surface area contributed by atoms with Crippen LogP contribution < -0.4 is 10.6 Å². The van der Waals surface area contributed by atoms with Gasteiger partial charge in [-0.05, 0) is 37.5 Å².